The molecule has 0 saturated carbocycles. The maximum absolute atomic E-state index is 12.4. The number of fused-ring (bicyclic) bond motifs is 2. The summed E-state index contributed by atoms with van der Waals surface area (Å²) in [4.78, 5) is 44.1. The summed E-state index contributed by atoms with van der Waals surface area (Å²) in [5.74, 6) is -2.74. The number of carbonyl (C=O) groups is 2. The molecular weight excluding hydrogens is 560 g/mol. The number of aromatic nitrogens is 1. The predicted octanol–water partition coefficient (Wildman–Crippen LogP) is 2.78. The second-order valence-corrected chi connectivity index (χ2v) is 9.77. The van der Waals surface area contributed by atoms with E-state index in [1.807, 2.05) is 0 Å². The van der Waals surface area contributed by atoms with Crippen LogP contribution in [0.5, 0.6) is 17.5 Å². The van der Waals surface area contributed by atoms with E-state index in [1.54, 1.807) is 24.3 Å². The number of nitrogens with zero attached hydrogens (tertiary/aromatic N) is 1. The van der Waals surface area contributed by atoms with Gasteiger partial charge in [0.2, 0.25) is 11.8 Å². The van der Waals surface area contributed by atoms with Crippen LogP contribution < -0.4 is 15.3 Å². The molecule has 0 bridgehead atoms. The van der Waals surface area contributed by atoms with Gasteiger partial charge in [-0.1, -0.05) is 6.07 Å². The van der Waals surface area contributed by atoms with Crippen LogP contribution in [0.15, 0.2) is 75.9 Å². The summed E-state index contributed by atoms with van der Waals surface area (Å²) < 4.78 is 6.47. The summed E-state index contributed by atoms with van der Waals surface area (Å²) in [6.07, 6.45) is 1.67. The molecule has 6 N–H and O–H groups in total. The Kier molecular flexibility index (Phi) is 8.01. The molecule has 220 valence electrons. The lowest BCUT2D eigenvalue weighted by Crippen LogP contribution is -2.73. The highest BCUT2D eigenvalue weighted by Crippen LogP contribution is 2.42. The third-order valence-electron chi connectivity index (χ3n) is 6.81. The highest BCUT2D eigenvalue weighted by Gasteiger charge is 2.23. The molecule has 0 amide bonds. The molecule has 2 aromatic carbocycles. The van der Waals surface area contributed by atoms with E-state index in [0.717, 1.165) is 0 Å². The van der Waals surface area contributed by atoms with Crippen LogP contribution in [0.1, 0.15) is 41.6 Å². The Labute approximate surface area is 243 Å². The Morgan fingerprint density at radius 3 is 2.33 bits per heavy atom. The van der Waals surface area contributed by atoms with Crippen LogP contribution in [0.3, 0.4) is 0 Å². The van der Waals surface area contributed by atoms with Gasteiger partial charge in [-0.15, -0.1) is 4.73 Å². The number of benzene rings is 3. The van der Waals surface area contributed by atoms with Crippen LogP contribution in [0.25, 0.3) is 33.4 Å². The molecule has 1 aromatic heterocycles. The van der Waals surface area contributed by atoms with Crippen molar-refractivity contribution >= 4 is 28.8 Å². The molecule has 0 atom stereocenters. The van der Waals surface area contributed by atoms with Crippen molar-refractivity contribution in [3.05, 3.63) is 88.1 Å². The molecule has 2 heterocycles. The van der Waals surface area contributed by atoms with Gasteiger partial charge in [0, 0.05) is 53.6 Å². The first-order valence-electron chi connectivity index (χ1n) is 13.3. The maximum atomic E-state index is 12.4. The summed E-state index contributed by atoms with van der Waals surface area (Å²) in [6, 6.07) is 15.5. The molecule has 12 heteroatoms. The highest BCUT2D eigenvalue weighted by atomic mass is 16.7. The normalized spacial score (nSPS) is 11.7. The molecule has 0 fully saturated rings. The van der Waals surface area contributed by atoms with Crippen LogP contribution in [0.4, 0.5) is 0 Å². The molecule has 0 radical (unpaired) electrons. The summed E-state index contributed by atoms with van der Waals surface area (Å²) in [6.45, 7) is 0.334. The van der Waals surface area contributed by atoms with Crippen LogP contribution in [-0.2, 0) is 4.79 Å². The molecule has 0 saturated heterocycles. The van der Waals surface area contributed by atoms with Gasteiger partial charge < -0.3 is 34.8 Å². The maximum Gasteiger partial charge on any atom is 0.365 e. The van der Waals surface area contributed by atoms with Crippen molar-refractivity contribution in [3.63, 3.8) is 0 Å². The van der Waals surface area contributed by atoms with Crippen molar-refractivity contribution in [2.75, 3.05) is 6.54 Å². The lowest BCUT2D eigenvalue weighted by molar-refractivity contribution is -0.466. The fourth-order valence-corrected chi connectivity index (χ4v) is 4.76. The van der Waals surface area contributed by atoms with Gasteiger partial charge in [0.25, 0.3) is 0 Å². The zero-order valence-corrected chi connectivity index (χ0v) is 22.6. The van der Waals surface area contributed by atoms with E-state index in [9.17, 15) is 39.9 Å². The molecule has 43 heavy (non-hydrogen) atoms. The standard InChI is InChI=1S/C31H26N2O10/c34-18-6-9-21-24(15-18)42-25-16-19(35)7-10-22(25)29(21)20-8-5-17(14-23(20)31(40)41)30(39)32-13-3-1-2-4-28(38)43-33-26(36)11-12-27(33)37/h5-12,14-16,34,36-37H,1-4,13H2,(H,32,39)(H,40,41)/p+1. The van der Waals surface area contributed by atoms with E-state index in [-0.39, 0.29) is 46.0 Å². The topological polar surface area (TPSA) is 194 Å². The van der Waals surface area contributed by atoms with Crippen molar-refractivity contribution in [3.8, 4) is 40.0 Å². The number of aromatic hydroxyl groups is 3. The van der Waals surface area contributed by atoms with E-state index in [4.69, 9.17) is 9.25 Å². The van der Waals surface area contributed by atoms with Crippen molar-refractivity contribution in [2.45, 2.75) is 25.7 Å². The number of nitrogens with one attached hydrogen (secondary N) is 1. The summed E-state index contributed by atoms with van der Waals surface area (Å²) in [5.41, 5.74) is 1.44. The van der Waals surface area contributed by atoms with Gasteiger partial charge in [-0.05, 0) is 54.8 Å². The number of phenols is 1. The molecule has 5 rings (SSSR count). The molecule has 3 aromatic rings. The predicted molar refractivity (Wildman–Crippen MR) is 154 cm³/mol. The van der Waals surface area contributed by atoms with Crippen LogP contribution in [0.2, 0.25) is 0 Å². The third-order valence-corrected chi connectivity index (χ3v) is 6.81. The van der Waals surface area contributed by atoms with Gasteiger partial charge in [0.05, 0.1) is 11.1 Å². The van der Waals surface area contributed by atoms with Gasteiger partial charge in [-0.3, -0.25) is 4.79 Å². The number of carboxylic acids is 1. The Morgan fingerprint density at radius 1 is 0.837 bits per heavy atom. The van der Waals surface area contributed by atoms with Gasteiger partial charge in [0.15, 0.2) is 5.43 Å². The smallest absolute Gasteiger partial charge is 0.365 e. The van der Waals surface area contributed by atoms with Gasteiger partial charge in [-0.2, -0.15) is 0 Å². The molecule has 0 spiro atoms. The van der Waals surface area contributed by atoms with E-state index < -0.39 is 23.7 Å². The van der Waals surface area contributed by atoms with Gasteiger partial charge >= 0.3 is 17.8 Å². The molecular formula is C31H27N2O10+. The average Bonchev–Trinajstić information content (AvgIpc) is 3.29. The summed E-state index contributed by atoms with van der Waals surface area (Å²) in [7, 11) is 0. The van der Waals surface area contributed by atoms with E-state index in [0.29, 0.717) is 52.6 Å². The van der Waals surface area contributed by atoms with Crippen LogP contribution >= 0.6 is 0 Å². The summed E-state index contributed by atoms with van der Waals surface area (Å²) >= 11 is 0. The first kappa shape index (κ1) is 28.7. The van der Waals surface area contributed by atoms with E-state index >= 15 is 0 Å². The highest BCUT2D eigenvalue weighted by molar-refractivity contribution is 6.08. The zero-order valence-electron chi connectivity index (χ0n) is 22.6. The molecule has 0 unspecified atom stereocenters. The fourth-order valence-electron chi connectivity index (χ4n) is 4.76. The second-order valence-electron chi connectivity index (χ2n) is 9.77. The number of aliphatic hydroxyl groups is 1. The number of phenolic OH excluding ortho intramolecular Hbond substituents is 1. The van der Waals surface area contributed by atoms with Crippen molar-refractivity contribution < 1.29 is 49.4 Å². The summed E-state index contributed by atoms with van der Waals surface area (Å²) in [5, 5.41) is 50.3. The largest absolute Gasteiger partial charge is 0.508 e. The monoisotopic (exact) mass is 587 g/mol. The molecule has 2 aliphatic rings. The number of carboxylic acid groups (broad SMARTS) is 1. The Balaban J connectivity index is 1.32. The molecule has 12 nitrogen and oxygen atoms in total. The number of rotatable bonds is 10. The number of aliphatic hydroxyl groups excluding tert-OH is 1. The lowest BCUT2D eigenvalue weighted by Gasteiger charge is -2.17. The zero-order chi connectivity index (χ0) is 30.7. The number of hydrogen-bond acceptors (Lipinski definition) is 8. The minimum Gasteiger partial charge on any atom is -0.508 e. The van der Waals surface area contributed by atoms with Crippen LogP contribution in [0, 0.1) is 0 Å². The minimum absolute atomic E-state index is 0.0437. The number of unbranched alkanes of at least 4 members (excludes halogenated alkanes) is 2. The lowest BCUT2D eigenvalue weighted by atomic mass is 9.90. The number of carbonyl (C=O) groups excluding carboxylic acids is 1. The quantitative estimate of drug-likeness (QED) is 0.0612. The Hall–Kier alpha value is -5.78. The minimum atomic E-state index is -1.24. The Morgan fingerprint density at radius 2 is 1.58 bits per heavy atom. The third kappa shape index (κ3) is 6.12. The SMILES string of the molecule is O=C(CCCCC[NH+]=C(O)c1ccc(-c2c3ccc(=O)cc-3oc3cc(O)ccc23)c(C(=O)O)c1)On1c(O)ccc1O. The van der Waals surface area contributed by atoms with Crippen molar-refractivity contribution in [1.82, 2.24) is 4.73 Å². The van der Waals surface area contributed by atoms with Crippen molar-refractivity contribution in [2.24, 2.45) is 0 Å². The molecule has 1 aliphatic heterocycles. The number of hydrogen-bond donors (Lipinski definition) is 6. The first-order chi connectivity index (χ1) is 20.6. The first-order valence-corrected chi connectivity index (χ1v) is 13.3. The Bertz CT molecular complexity index is 1880. The van der Waals surface area contributed by atoms with Crippen molar-refractivity contribution in [1.29, 1.82) is 0 Å². The average molecular weight is 588 g/mol. The second kappa shape index (κ2) is 12.0. The fraction of sp³-hybridized carbons (Fsp3) is 0.161. The number of aromatic carboxylic acids is 1. The van der Waals surface area contributed by atoms with Gasteiger partial charge in [-0.25, -0.2) is 14.6 Å². The van der Waals surface area contributed by atoms with E-state index in [2.05, 4.69) is 4.99 Å². The van der Waals surface area contributed by atoms with Crippen LogP contribution in [-0.4, -0.2) is 54.6 Å². The van der Waals surface area contributed by atoms with Gasteiger partial charge in [0.1, 0.15) is 23.6 Å². The van der Waals surface area contributed by atoms with E-state index in [1.165, 1.54) is 42.5 Å². The molecule has 1 aliphatic carbocycles.